The molecule has 140 valence electrons. The van der Waals surface area contributed by atoms with Crippen LogP contribution in [0.3, 0.4) is 0 Å². The van der Waals surface area contributed by atoms with E-state index in [0.29, 0.717) is 26.1 Å². The Morgan fingerprint density at radius 3 is 1.89 bits per heavy atom. The molecule has 27 heavy (non-hydrogen) atoms. The van der Waals surface area contributed by atoms with Crippen LogP contribution in [0.1, 0.15) is 0 Å². The van der Waals surface area contributed by atoms with Gasteiger partial charge in [-0.2, -0.15) is 0 Å². The first-order chi connectivity index (χ1) is 13.1. The summed E-state index contributed by atoms with van der Waals surface area (Å²) >= 11 is 2.08. The van der Waals surface area contributed by atoms with Gasteiger partial charge in [0.1, 0.15) is 22.6 Å². The third kappa shape index (κ3) is 5.03. The second-order valence-corrected chi connectivity index (χ2v) is 8.37. The normalized spacial score (nSPS) is 11.0. The Morgan fingerprint density at radius 2 is 1.37 bits per heavy atom. The third-order valence-corrected chi connectivity index (χ3v) is 6.91. The predicted octanol–water partition coefficient (Wildman–Crippen LogP) is 5.25. The number of hydrogen-bond donors (Lipinski definition) is 0. The van der Waals surface area contributed by atoms with Gasteiger partial charge in [-0.25, -0.2) is 4.57 Å². The highest BCUT2D eigenvalue weighted by Gasteiger charge is 2.34. The van der Waals surface area contributed by atoms with Crippen molar-refractivity contribution in [3.8, 4) is 17.2 Å². The van der Waals surface area contributed by atoms with Gasteiger partial charge in [0.25, 0.3) is 0 Å². The van der Waals surface area contributed by atoms with Crippen molar-refractivity contribution in [2.45, 2.75) is 0 Å². The lowest BCUT2D eigenvalue weighted by molar-refractivity contribution is 0.0506. The third-order valence-electron chi connectivity index (χ3n) is 3.51. The van der Waals surface area contributed by atoms with Crippen LogP contribution in [-0.2, 0) is 9.30 Å². The molecule has 0 heterocycles. The fourth-order valence-corrected chi connectivity index (χ4v) is 5.36. The maximum Gasteiger partial charge on any atom is 0.464 e. The van der Waals surface area contributed by atoms with Gasteiger partial charge >= 0.3 is 7.60 Å². The molecule has 0 radical (unpaired) electrons. The van der Waals surface area contributed by atoms with E-state index in [4.69, 9.17) is 18.5 Å². The molecule has 0 aliphatic carbocycles. The zero-order valence-corrected chi connectivity index (χ0v) is 17.6. The van der Waals surface area contributed by atoms with Crippen molar-refractivity contribution in [3.05, 3.63) is 82.4 Å². The van der Waals surface area contributed by atoms with Gasteiger partial charge in [-0.3, -0.25) is 0 Å². The summed E-state index contributed by atoms with van der Waals surface area (Å²) in [7, 11) is -2.20. The Bertz CT molecular complexity index is 873. The minimum absolute atomic E-state index is 0.0862. The minimum Gasteiger partial charge on any atom is -0.466 e. The second-order valence-electron chi connectivity index (χ2n) is 5.45. The largest absolute Gasteiger partial charge is 0.466 e. The number of para-hydroxylation sites is 2. The quantitative estimate of drug-likeness (QED) is 0.242. The molecule has 0 atom stereocenters. The Labute approximate surface area is 171 Å². The lowest BCUT2D eigenvalue weighted by Crippen LogP contribution is -2.19. The van der Waals surface area contributed by atoms with E-state index in [2.05, 4.69) is 22.6 Å². The highest BCUT2D eigenvalue weighted by atomic mass is 127. The van der Waals surface area contributed by atoms with Crippen LogP contribution in [0, 0.1) is 3.57 Å². The molecule has 0 aromatic heterocycles. The molecule has 0 saturated heterocycles. The molecule has 0 saturated carbocycles. The van der Waals surface area contributed by atoms with Crippen molar-refractivity contribution in [2.75, 3.05) is 13.9 Å². The van der Waals surface area contributed by atoms with E-state index in [9.17, 15) is 4.57 Å². The van der Waals surface area contributed by atoms with Crippen LogP contribution in [-0.4, -0.2) is 13.9 Å². The van der Waals surface area contributed by atoms with Crippen molar-refractivity contribution in [1.82, 2.24) is 0 Å². The van der Waals surface area contributed by atoms with E-state index in [1.165, 1.54) is 0 Å². The van der Waals surface area contributed by atoms with Crippen LogP contribution in [0.2, 0.25) is 0 Å². The summed E-state index contributed by atoms with van der Waals surface area (Å²) in [6.07, 6.45) is 0. The molecule has 7 heteroatoms. The molecule has 3 aromatic carbocycles. The summed E-state index contributed by atoms with van der Waals surface area (Å²) in [5, 5.41) is 0.421. The van der Waals surface area contributed by atoms with Gasteiger partial charge in [-0.1, -0.05) is 42.5 Å². The average Bonchev–Trinajstić information content (AvgIpc) is 2.68. The van der Waals surface area contributed by atoms with Gasteiger partial charge < -0.3 is 18.5 Å². The summed E-state index contributed by atoms with van der Waals surface area (Å²) in [6, 6.07) is 23.1. The molecule has 0 aliphatic rings. The van der Waals surface area contributed by atoms with Crippen molar-refractivity contribution >= 4 is 35.5 Å². The predicted molar refractivity (Wildman–Crippen MR) is 113 cm³/mol. The molecule has 5 nitrogen and oxygen atoms in total. The first kappa shape index (κ1) is 19.7. The molecule has 0 fully saturated rings. The number of rotatable bonds is 8. The van der Waals surface area contributed by atoms with Crippen molar-refractivity contribution in [1.29, 1.82) is 0 Å². The average molecular weight is 496 g/mol. The lowest BCUT2D eigenvalue weighted by Gasteiger charge is -2.22. The highest BCUT2D eigenvalue weighted by molar-refractivity contribution is 14.1. The van der Waals surface area contributed by atoms with E-state index in [0.717, 1.165) is 0 Å². The SMILES string of the molecule is COCOc1cccc(P(=O)(Oc2ccccc2)Oc2ccccc2)c1I. The van der Waals surface area contributed by atoms with Crippen LogP contribution >= 0.6 is 30.2 Å². The zero-order valence-electron chi connectivity index (χ0n) is 14.6. The van der Waals surface area contributed by atoms with E-state index in [1.807, 2.05) is 36.4 Å². The number of hydrogen-bond acceptors (Lipinski definition) is 5. The van der Waals surface area contributed by atoms with Crippen LogP contribution in [0.15, 0.2) is 78.9 Å². The number of methoxy groups -OCH3 is 1. The molecule has 0 N–H and O–H groups in total. The number of ether oxygens (including phenoxy) is 2. The summed E-state index contributed by atoms with van der Waals surface area (Å²) in [5.74, 6) is 1.45. The van der Waals surface area contributed by atoms with E-state index >= 15 is 0 Å². The van der Waals surface area contributed by atoms with Crippen LogP contribution in [0.4, 0.5) is 0 Å². The molecule has 0 amide bonds. The van der Waals surface area contributed by atoms with E-state index in [-0.39, 0.29) is 6.79 Å². The molecular formula is C20H18IO5P. The van der Waals surface area contributed by atoms with Crippen molar-refractivity contribution < 1.29 is 23.1 Å². The number of benzene rings is 3. The smallest absolute Gasteiger partial charge is 0.464 e. The summed E-state index contributed by atoms with van der Waals surface area (Å²) in [5.41, 5.74) is 0. The van der Waals surface area contributed by atoms with E-state index in [1.54, 1.807) is 49.6 Å². The van der Waals surface area contributed by atoms with Crippen molar-refractivity contribution in [2.24, 2.45) is 0 Å². The van der Waals surface area contributed by atoms with Crippen molar-refractivity contribution in [3.63, 3.8) is 0 Å². The second kappa shape index (κ2) is 9.26. The van der Waals surface area contributed by atoms with Crippen LogP contribution in [0.25, 0.3) is 0 Å². The molecule has 0 unspecified atom stereocenters. The summed E-state index contributed by atoms with van der Waals surface area (Å²) in [6.45, 7) is 0.0862. The molecule has 3 rings (SSSR count). The van der Waals surface area contributed by atoms with Gasteiger partial charge in [0.15, 0.2) is 6.79 Å². The first-order valence-electron chi connectivity index (χ1n) is 8.12. The minimum atomic E-state index is -3.74. The Kier molecular flexibility index (Phi) is 6.77. The molecule has 0 aliphatic heterocycles. The van der Waals surface area contributed by atoms with Gasteiger partial charge in [-0.05, 0) is 59.0 Å². The molecule has 0 bridgehead atoms. The molecule has 0 spiro atoms. The Balaban J connectivity index is 2.03. The Morgan fingerprint density at radius 1 is 0.815 bits per heavy atom. The topological polar surface area (TPSA) is 54.0 Å². The van der Waals surface area contributed by atoms with Crippen LogP contribution < -0.4 is 19.1 Å². The maximum absolute atomic E-state index is 13.9. The standard InChI is InChI=1S/C20H18IO5P/c1-23-15-24-18-13-8-14-19(20(18)21)27(22,25-16-9-4-2-5-10-16)26-17-11-6-3-7-12-17/h2-14H,15H2,1H3. The van der Waals surface area contributed by atoms with Gasteiger partial charge in [0.2, 0.25) is 0 Å². The zero-order chi connectivity index (χ0) is 19.1. The van der Waals surface area contributed by atoms with Crippen LogP contribution in [0.5, 0.6) is 17.2 Å². The lowest BCUT2D eigenvalue weighted by atomic mass is 10.3. The monoisotopic (exact) mass is 496 g/mol. The summed E-state index contributed by atoms with van der Waals surface area (Å²) < 4.78 is 36.8. The van der Waals surface area contributed by atoms with Gasteiger partial charge in [0.05, 0.1) is 3.57 Å². The summed E-state index contributed by atoms with van der Waals surface area (Å²) in [4.78, 5) is 0. The number of halogens is 1. The van der Waals surface area contributed by atoms with Gasteiger partial charge in [-0.15, -0.1) is 0 Å². The maximum atomic E-state index is 13.9. The van der Waals surface area contributed by atoms with E-state index < -0.39 is 7.60 Å². The first-order valence-corrected chi connectivity index (χ1v) is 10.7. The fraction of sp³-hybridized carbons (Fsp3) is 0.100. The molecule has 3 aromatic rings. The van der Waals surface area contributed by atoms with Gasteiger partial charge in [0, 0.05) is 7.11 Å². The molecular weight excluding hydrogens is 478 g/mol. The Hall–Kier alpha value is -2.02. The fourth-order valence-electron chi connectivity index (χ4n) is 2.30. The highest BCUT2D eigenvalue weighted by Crippen LogP contribution is 2.49.